The molecule has 0 saturated heterocycles. The molecule has 126 valence electrons. The Labute approximate surface area is 145 Å². The zero-order valence-electron chi connectivity index (χ0n) is 13.5. The van der Waals surface area contributed by atoms with Crippen molar-refractivity contribution in [2.45, 2.75) is 6.42 Å². The first-order valence-corrected chi connectivity index (χ1v) is 7.90. The van der Waals surface area contributed by atoms with Crippen LogP contribution < -0.4 is 10.6 Å². The van der Waals surface area contributed by atoms with Crippen LogP contribution in [0.2, 0.25) is 0 Å². The molecule has 0 spiro atoms. The molecule has 2 aromatic heterocycles. The molecule has 0 aliphatic rings. The highest BCUT2D eigenvalue weighted by Gasteiger charge is 2.07. The van der Waals surface area contributed by atoms with Gasteiger partial charge >= 0.3 is 0 Å². The average Bonchev–Trinajstić information content (AvgIpc) is 2.64. The van der Waals surface area contributed by atoms with Gasteiger partial charge in [-0.25, -0.2) is 4.98 Å². The SMILES string of the molecule is O=C(NCCc1ccc(O)cc1)c1cncc(Nc2ccccn2)c1. The van der Waals surface area contributed by atoms with Crippen LogP contribution in [-0.4, -0.2) is 27.5 Å². The molecule has 1 aromatic carbocycles. The number of carbonyl (C=O) groups is 1. The van der Waals surface area contributed by atoms with Gasteiger partial charge in [0.15, 0.2) is 0 Å². The fourth-order valence-corrected chi connectivity index (χ4v) is 2.30. The van der Waals surface area contributed by atoms with E-state index in [1.165, 1.54) is 6.20 Å². The Hall–Kier alpha value is -3.41. The van der Waals surface area contributed by atoms with Crippen LogP contribution in [0.15, 0.2) is 67.1 Å². The van der Waals surface area contributed by atoms with Crippen molar-refractivity contribution < 1.29 is 9.90 Å². The van der Waals surface area contributed by atoms with Crippen molar-refractivity contribution in [3.8, 4) is 5.75 Å². The van der Waals surface area contributed by atoms with Gasteiger partial charge in [0, 0.05) is 18.9 Å². The number of aromatic nitrogens is 2. The monoisotopic (exact) mass is 334 g/mol. The molecule has 3 N–H and O–H groups in total. The van der Waals surface area contributed by atoms with E-state index in [1.54, 1.807) is 30.6 Å². The van der Waals surface area contributed by atoms with Gasteiger partial charge < -0.3 is 15.7 Å². The predicted octanol–water partition coefficient (Wildman–Crippen LogP) is 2.90. The normalized spacial score (nSPS) is 10.2. The summed E-state index contributed by atoms with van der Waals surface area (Å²) in [7, 11) is 0. The average molecular weight is 334 g/mol. The summed E-state index contributed by atoms with van der Waals surface area (Å²) < 4.78 is 0. The molecule has 0 unspecified atom stereocenters. The zero-order valence-corrected chi connectivity index (χ0v) is 13.5. The molecule has 3 rings (SSSR count). The summed E-state index contributed by atoms with van der Waals surface area (Å²) in [6.45, 7) is 0.501. The number of carbonyl (C=O) groups excluding carboxylic acids is 1. The number of nitrogens with one attached hydrogen (secondary N) is 2. The molecule has 0 fully saturated rings. The lowest BCUT2D eigenvalue weighted by molar-refractivity contribution is 0.0954. The number of amides is 1. The van der Waals surface area contributed by atoms with Gasteiger partial charge in [-0.1, -0.05) is 18.2 Å². The maximum absolute atomic E-state index is 12.3. The third-order valence-corrected chi connectivity index (χ3v) is 3.57. The number of aromatic hydroxyl groups is 1. The number of hydrogen-bond acceptors (Lipinski definition) is 5. The number of anilines is 2. The van der Waals surface area contributed by atoms with E-state index >= 15 is 0 Å². The summed E-state index contributed by atoms with van der Waals surface area (Å²) in [5.74, 6) is 0.737. The first kappa shape index (κ1) is 16.4. The van der Waals surface area contributed by atoms with Crippen LogP contribution in [0.5, 0.6) is 5.75 Å². The molecule has 0 bridgehead atoms. The Balaban J connectivity index is 1.56. The summed E-state index contributed by atoms with van der Waals surface area (Å²) in [4.78, 5) is 20.5. The minimum Gasteiger partial charge on any atom is -0.508 e. The Morgan fingerprint density at radius 2 is 1.92 bits per heavy atom. The van der Waals surface area contributed by atoms with Gasteiger partial charge in [-0.2, -0.15) is 0 Å². The molecule has 0 radical (unpaired) electrons. The lowest BCUT2D eigenvalue weighted by atomic mass is 10.1. The molecule has 1 amide bonds. The van der Waals surface area contributed by atoms with E-state index in [0.717, 1.165) is 5.56 Å². The lowest BCUT2D eigenvalue weighted by Crippen LogP contribution is -2.25. The van der Waals surface area contributed by atoms with Gasteiger partial charge in [-0.3, -0.25) is 9.78 Å². The van der Waals surface area contributed by atoms with Gasteiger partial charge in [0.2, 0.25) is 0 Å². The van der Waals surface area contributed by atoms with Crippen LogP contribution in [0.25, 0.3) is 0 Å². The largest absolute Gasteiger partial charge is 0.508 e. The van der Waals surface area contributed by atoms with Crippen LogP contribution in [-0.2, 0) is 6.42 Å². The quantitative estimate of drug-likeness (QED) is 0.645. The van der Waals surface area contributed by atoms with Gasteiger partial charge in [-0.05, 0) is 42.3 Å². The number of pyridine rings is 2. The van der Waals surface area contributed by atoms with Gasteiger partial charge in [0.25, 0.3) is 5.91 Å². The molecule has 0 aliphatic carbocycles. The van der Waals surface area contributed by atoms with E-state index in [4.69, 9.17) is 0 Å². The second kappa shape index (κ2) is 7.92. The predicted molar refractivity (Wildman–Crippen MR) is 95.9 cm³/mol. The van der Waals surface area contributed by atoms with E-state index < -0.39 is 0 Å². The number of nitrogens with zero attached hydrogens (tertiary/aromatic N) is 2. The summed E-state index contributed by atoms with van der Waals surface area (Å²) in [5, 5.41) is 15.2. The maximum atomic E-state index is 12.3. The minimum atomic E-state index is -0.184. The van der Waals surface area contributed by atoms with Crippen molar-refractivity contribution in [2.24, 2.45) is 0 Å². The van der Waals surface area contributed by atoms with E-state index in [-0.39, 0.29) is 11.7 Å². The number of phenolic OH excluding ortho intramolecular Hbond substituents is 1. The first-order valence-electron chi connectivity index (χ1n) is 7.90. The number of hydrogen-bond donors (Lipinski definition) is 3. The van der Waals surface area contributed by atoms with Crippen molar-refractivity contribution >= 4 is 17.4 Å². The highest BCUT2D eigenvalue weighted by atomic mass is 16.3. The molecule has 3 aromatic rings. The molecular weight excluding hydrogens is 316 g/mol. The first-order chi connectivity index (χ1) is 12.2. The summed E-state index contributed by atoms with van der Waals surface area (Å²) in [6, 6.07) is 14.2. The molecule has 0 atom stereocenters. The van der Waals surface area contributed by atoms with Crippen LogP contribution in [0.1, 0.15) is 15.9 Å². The molecule has 0 saturated carbocycles. The second-order valence-corrected chi connectivity index (χ2v) is 5.47. The highest BCUT2D eigenvalue weighted by Crippen LogP contribution is 2.14. The van der Waals surface area contributed by atoms with E-state index in [1.807, 2.05) is 30.3 Å². The Kier molecular flexibility index (Phi) is 5.21. The molecular formula is C19H18N4O2. The van der Waals surface area contributed by atoms with E-state index in [2.05, 4.69) is 20.6 Å². The van der Waals surface area contributed by atoms with E-state index in [0.29, 0.717) is 30.0 Å². The Morgan fingerprint density at radius 1 is 1.08 bits per heavy atom. The third-order valence-electron chi connectivity index (χ3n) is 3.57. The summed E-state index contributed by atoms with van der Waals surface area (Å²) >= 11 is 0. The standard InChI is InChI=1S/C19H18N4O2/c24-17-6-4-14(5-7-17)8-10-22-19(25)15-11-16(13-20-12-15)23-18-3-1-2-9-21-18/h1-7,9,11-13,24H,8,10H2,(H,21,23)(H,22,25). The van der Waals surface area contributed by atoms with Crippen LogP contribution in [0.4, 0.5) is 11.5 Å². The smallest absolute Gasteiger partial charge is 0.252 e. The molecule has 0 aliphatic heterocycles. The topological polar surface area (TPSA) is 87.1 Å². The van der Waals surface area contributed by atoms with Gasteiger partial charge in [0.1, 0.15) is 11.6 Å². The van der Waals surface area contributed by atoms with E-state index in [9.17, 15) is 9.90 Å². The third kappa shape index (κ3) is 4.78. The molecule has 6 nitrogen and oxygen atoms in total. The molecule has 25 heavy (non-hydrogen) atoms. The number of benzene rings is 1. The van der Waals surface area contributed by atoms with Gasteiger partial charge in [0.05, 0.1) is 17.4 Å². The van der Waals surface area contributed by atoms with Crippen molar-refractivity contribution in [1.82, 2.24) is 15.3 Å². The zero-order chi connectivity index (χ0) is 17.5. The number of phenols is 1. The summed E-state index contributed by atoms with van der Waals surface area (Å²) in [6.07, 6.45) is 5.54. The molecule has 6 heteroatoms. The molecule has 2 heterocycles. The maximum Gasteiger partial charge on any atom is 0.252 e. The van der Waals surface area contributed by atoms with Crippen molar-refractivity contribution in [1.29, 1.82) is 0 Å². The van der Waals surface area contributed by atoms with Crippen molar-refractivity contribution in [3.05, 3.63) is 78.2 Å². The number of rotatable bonds is 6. The Bertz CT molecular complexity index is 836. The lowest BCUT2D eigenvalue weighted by Gasteiger charge is -2.08. The van der Waals surface area contributed by atoms with Crippen molar-refractivity contribution in [2.75, 3.05) is 11.9 Å². The second-order valence-electron chi connectivity index (χ2n) is 5.47. The van der Waals surface area contributed by atoms with Crippen LogP contribution in [0, 0.1) is 0 Å². The van der Waals surface area contributed by atoms with Crippen LogP contribution in [0.3, 0.4) is 0 Å². The fourth-order valence-electron chi connectivity index (χ4n) is 2.30. The Morgan fingerprint density at radius 3 is 2.68 bits per heavy atom. The summed E-state index contributed by atoms with van der Waals surface area (Å²) in [5.41, 5.74) is 2.22. The fraction of sp³-hybridized carbons (Fsp3) is 0.105. The van der Waals surface area contributed by atoms with Crippen molar-refractivity contribution in [3.63, 3.8) is 0 Å². The van der Waals surface area contributed by atoms with Gasteiger partial charge in [-0.15, -0.1) is 0 Å². The minimum absolute atomic E-state index is 0.184. The van der Waals surface area contributed by atoms with Crippen LogP contribution >= 0.6 is 0 Å². The highest BCUT2D eigenvalue weighted by molar-refractivity contribution is 5.94.